The van der Waals surface area contributed by atoms with E-state index in [2.05, 4.69) is 4.98 Å². The molecule has 1 atom stereocenters. The number of nitrogens with zero attached hydrogens (tertiary/aromatic N) is 2. The number of hydrogen-bond acceptors (Lipinski definition) is 4. The predicted octanol–water partition coefficient (Wildman–Crippen LogP) is 4.98. The molecule has 8 heteroatoms. The maximum Gasteiger partial charge on any atom is 0.178 e. The molecule has 0 aliphatic carbocycles. The molecule has 4 nitrogen and oxygen atoms in total. The summed E-state index contributed by atoms with van der Waals surface area (Å²) in [6.07, 6.45) is 0. The summed E-state index contributed by atoms with van der Waals surface area (Å²) in [5.41, 5.74) is 1.43. The highest BCUT2D eigenvalue weighted by molar-refractivity contribution is 8.00. The Morgan fingerprint density at radius 2 is 2.07 bits per heavy atom. The topological polar surface area (TPSA) is 44.1 Å². The standard InChI is InChI=1S/C19H17ClF2N2O2S/c1-11(18(25)14-5-4-13(21)10-15(14)22)27-19-23-16-9-12(20)3-6-17(16)24(19)7-8-26-2/h3-6,9-11H,7-8H2,1-2H3. The van der Waals surface area contributed by atoms with Crippen molar-refractivity contribution in [3.8, 4) is 0 Å². The van der Waals surface area contributed by atoms with Gasteiger partial charge in [-0.3, -0.25) is 4.79 Å². The van der Waals surface area contributed by atoms with Gasteiger partial charge in [0.1, 0.15) is 11.6 Å². The van der Waals surface area contributed by atoms with E-state index < -0.39 is 22.7 Å². The Morgan fingerprint density at radius 3 is 2.78 bits per heavy atom. The van der Waals surface area contributed by atoms with E-state index in [-0.39, 0.29) is 5.56 Å². The fourth-order valence-electron chi connectivity index (χ4n) is 2.69. The number of fused-ring (bicyclic) bond motifs is 1. The number of halogens is 3. The molecular weight excluding hydrogens is 394 g/mol. The maximum absolute atomic E-state index is 13.9. The molecule has 0 bridgehead atoms. The van der Waals surface area contributed by atoms with Gasteiger partial charge in [-0.1, -0.05) is 23.4 Å². The highest BCUT2D eigenvalue weighted by atomic mass is 35.5. The first kappa shape index (κ1) is 19.8. The molecule has 0 aliphatic heterocycles. The van der Waals surface area contributed by atoms with E-state index >= 15 is 0 Å². The van der Waals surface area contributed by atoms with Crippen LogP contribution in [0.5, 0.6) is 0 Å². The summed E-state index contributed by atoms with van der Waals surface area (Å²) < 4.78 is 34.1. The Morgan fingerprint density at radius 1 is 1.30 bits per heavy atom. The van der Waals surface area contributed by atoms with Gasteiger partial charge in [-0.25, -0.2) is 13.8 Å². The van der Waals surface area contributed by atoms with E-state index in [1.165, 1.54) is 11.8 Å². The number of ether oxygens (including phenoxy) is 1. The van der Waals surface area contributed by atoms with E-state index in [9.17, 15) is 13.6 Å². The fourth-order valence-corrected chi connectivity index (χ4v) is 3.87. The summed E-state index contributed by atoms with van der Waals surface area (Å²) in [4.78, 5) is 17.2. The number of Topliss-reactive ketones (excluding diaryl/α,β-unsaturated/α-hetero) is 1. The van der Waals surface area contributed by atoms with Gasteiger partial charge in [-0.05, 0) is 37.3 Å². The van der Waals surface area contributed by atoms with Crippen LogP contribution in [0.15, 0.2) is 41.6 Å². The molecule has 1 aromatic heterocycles. The van der Waals surface area contributed by atoms with Gasteiger partial charge >= 0.3 is 0 Å². The first-order chi connectivity index (χ1) is 12.9. The van der Waals surface area contributed by atoms with E-state index in [1.54, 1.807) is 26.2 Å². The normalized spacial score (nSPS) is 12.5. The third-order valence-electron chi connectivity index (χ3n) is 4.04. The smallest absolute Gasteiger partial charge is 0.178 e. The van der Waals surface area contributed by atoms with Crippen LogP contribution in [0.3, 0.4) is 0 Å². The summed E-state index contributed by atoms with van der Waals surface area (Å²) in [6.45, 7) is 2.68. The van der Waals surface area contributed by atoms with Crippen molar-refractivity contribution in [2.45, 2.75) is 23.9 Å². The van der Waals surface area contributed by atoms with Gasteiger partial charge in [0.05, 0.1) is 28.5 Å². The van der Waals surface area contributed by atoms with Crippen molar-refractivity contribution in [1.82, 2.24) is 9.55 Å². The molecule has 0 saturated carbocycles. The van der Waals surface area contributed by atoms with Crippen LogP contribution in [0.2, 0.25) is 5.02 Å². The molecule has 0 fully saturated rings. The van der Waals surface area contributed by atoms with Gasteiger partial charge < -0.3 is 9.30 Å². The molecule has 3 rings (SSSR count). The second-order valence-electron chi connectivity index (χ2n) is 5.92. The molecule has 1 heterocycles. The zero-order valence-corrected chi connectivity index (χ0v) is 16.3. The minimum absolute atomic E-state index is 0.140. The first-order valence-corrected chi connectivity index (χ1v) is 9.47. The van der Waals surface area contributed by atoms with E-state index in [0.29, 0.717) is 34.9 Å². The number of carbonyl (C=O) groups is 1. The Kier molecular flexibility index (Phi) is 6.14. The van der Waals surface area contributed by atoms with Crippen LogP contribution in [0.25, 0.3) is 11.0 Å². The van der Waals surface area contributed by atoms with E-state index in [0.717, 1.165) is 17.6 Å². The zero-order chi connectivity index (χ0) is 19.6. The van der Waals surface area contributed by atoms with Crippen molar-refractivity contribution >= 4 is 40.2 Å². The van der Waals surface area contributed by atoms with Crippen molar-refractivity contribution in [2.75, 3.05) is 13.7 Å². The molecule has 1 unspecified atom stereocenters. The number of rotatable bonds is 7. The van der Waals surface area contributed by atoms with Gasteiger partial charge in [0.25, 0.3) is 0 Å². The lowest BCUT2D eigenvalue weighted by molar-refractivity contribution is 0.0990. The molecule has 0 aliphatic rings. The number of aromatic nitrogens is 2. The van der Waals surface area contributed by atoms with Crippen molar-refractivity contribution < 1.29 is 18.3 Å². The average Bonchev–Trinajstić information content (AvgIpc) is 2.95. The van der Waals surface area contributed by atoms with Crippen molar-refractivity contribution in [3.05, 3.63) is 58.6 Å². The van der Waals surface area contributed by atoms with Gasteiger partial charge in [0.2, 0.25) is 0 Å². The van der Waals surface area contributed by atoms with Crippen LogP contribution in [0.1, 0.15) is 17.3 Å². The molecule has 0 saturated heterocycles. The van der Waals surface area contributed by atoms with Crippen LogP contribution in [-0.2, 0) is 11.3 Å². The first-order valence-electron chi connectivity index (χ1n) is 8.21. The lowest BCUT2D eigenvalue weighted by Gasteiger charge is -2.13. The Labute approximate surface area is 164 Å². The number of carbonyl (C=O) groups excluding carboxylic acids is 1. The number of imidazole rings is 1. The minimum Gasteiger partial charge on any atom is -0.383 e. The second-order valence-corrected chi connectivity index (χ2v) is 7.66. The zero-order valence-electron chi connectivity index (χ0n) is 14.7. The van der Waals surface area contributed by atoms with E-state index in [1.807, 2.05) is 10.6 Å². The Balaban J connectivity index is 1.91. The van der Waals surface area contributed by atoms with Crippen LogP contribution in [0.4, 0.5) is 8.78 Å². The molecule has 0 N–H and O–H groups in total. The Bertz CT molecular complexity index is 993. The van der Waals surface area contributed by atoms with Gasteiger partial charge in [-0.15, -0.1) is 0 Å². The molecule has 27 heavy (non-hydrogen) atoms. The average molecular weight is 411 g/mol. The van der Waals surface area contributed by atoms with E-state index in [4.69, 9.17) is 16.3 Å². The SMILES string of the molecule is COCCn1c(SC(C)C(=O)c2ccc(F)cc2F)nc2cc(Cl)ccc21. The van der Waals surface area contributed by atoms with Crippen molar-refractivity contribution in [2.24, 2.45) is 0 Å². The third-order valence-corrected chi connectivity index (χ3v) is 5.37. The molecule has 0 radical (unpaired) electrons. The summed E-state index contributed by atoms with van der Waals surface area (Å²) in [5.74, 6) is -2.02. The predicted molar refractivity (Wildman–Crippen MR) is 103 cm³/mol. The summed E-state index contributed by atoms with van der Waals surface area (Å²) >= 11 is 7.26. The molecule has 142 valence electrons. The number of thioether (sulfide) groups is 1. The highest BCUT2D eigenvalue weighted by Crippen LogP contribution is 2.30. The summed E-state index contributed by atoms with van der Waals surface area (Å²) in [7, 11) is 1.60. The third kappa shape index (κ3) is 4.31. The monoisotopic (exact) mass is 410 g/mol. The lowest BCUT2D eigenvalue weighted by atomic mass is 10.1. The second kappa shape index (κ2) is 8.37. The Hall–Kier alpha value is -1.96. The molecular formula is C19H17ClF2N2O2S. The van der Waals surface area contributed by atoms with Gasteiger partial charge in [0.15, 0.2) is 10.9 Å². The number of benzene rings is 2. The highest BCUT2D eigenvalue weighted by Gasteiger charge is 2.23. The minimum atomic E-state index is -0.868. The maximum atomic E-state index is 13.9. The van der Waals surface area contributed by atoms with Crippen molar-refractivity contribution in [1.29, 1.82) is 0 Å². The molecule has 0 amide bonds. The van der Waals surface area contributed by atoms with Crippen LogP contribution in [0, 0.1) is 11.6 Å². The number of methoxy groups -OCH3 is 1. The fraction of sp³-hybridized carbons (Fsp3) is 0.263. The van der Waals surface area contributed by atoms with Gasteiger partial charge in [-0.2, -0.15) is 0 Å². The van der Waals surface area contributed by atoms with Crippen LogP contribution < -0.4 is 0 Å². The number of hydrogen-bond donors (Lipinski definition) is 0. The number of ketones is 1. The van der Waals surface area contributed by atoms with Gasteiger partial charge in [0, 0.05) is 24.7 Å². The van der Waals surface area contributed by atoms with Crippen LogP contribution in [-0.4, -0.2) is 34.3 Å². The largest absolute Gasteiger partial charge is 0.383 e. The summed E-state index contributed by atoms with van der Waals surface area (Å²) in [5, 5.41) is 0.555. The quantitative estimate of drug-likeness (QED) is 0.407. The van der Waals surface area contributed by atoms with Crippen molar-refractivity contribution in [3.63, 3.8) is 0 Å². The molecule has 0 spiro atoms. The van der Waals surface area contributed by atoms with Crippen LogP contribution >= 0.6 is 23.4 Å². The summed E-state index contributed by atoms with van der Waals surface area (Å²) in [6, 6.07) is 8.32. The lowest BCUT2D eigenvalue weighted by Crippen LogP contribution is -2.17. The molecule has 2 aromatic carbocycles. The molecule has 3 aromatic rings.